The third kappa shape index (κ3) is 3.16. The summed E-state index contributed by atoms with van der Waals surface area (Å²) in [4.78, 5) is 11.9. The first-order valence-corrected chi connectivity index (χ1v) is 6.33. The lowest BCUT2D eigenvalue weighted by atomic mass is 10.1. The second kappa shape index (κ2) is 6.73. The molecule has 2 aromatic rings. The number of nitrogens with two attached hydrogens (primary N) is 1. The Bertz CT molecular complexity index is 582. The molecule has 0 amide bonds. The number of ketones is 1. The van der Waals surface area contributed by atoms with Crippen LogP contribution >= 0.6 is 0 Å². The largest absolute Gasteiger partial charge is 0.493 e. The Balaban J connectivity index is 2.26. The number of hydrogen-bond acceptors (Lipinski definition) is 4. The zero-order valence-electron chi connectivity index (χ0n) is 11.3. The van der Waals surface area contributed by atoms with Gasteiger partial charge in [0.1, 0.15) is 6.61 Å². The van der Waals surface area contributed by atoms with E-state index in [1.54, 1.807) is 25.3 Å². The van der Waals surface area contributed by atoms with E-state index in [9.17, 15) is 4.79 Å². The fourth-order valence-electron chi connectivity index (χ4n) is 1.88. The summed E-state index contributed by atoms with van der Waals surface area (Å²) in [5, 5.41) is 0. The predicted octanol–water partition coefficient (Wildman–Crippen LogP) is 2.42. The molecular weight excluding hydrogens is 254 g/mol. The van der Waals surface area contributed by atoms with Crippen molar-refractivity contribution in [1.29, 1.82) is 0 Å². The Labute approximate surface area is 118 Å². The average Bonchev–Trinajstić information content (AvgIpc) is 2.52. The van der Waals surface area contributed by atoms with Gasteiger partial charge in [-0.25, -0.2) is 0 Å². The minimum Gasteiger partial charge on any atom is -0.493 e. The highest BCUT2D eigenvalue weighted by molar-refractivity contribution is 6.00. The summed E-state index contributed by atoms with van der Waals surface area (Å²) in [6.07, 6.45) is 0. The van der Waals surface area contributed by atoms with Crippen LogP contribution in [0, 0.1) is 0 Å². The van der Waals surface area contributed by atoms with E-state index in [2.05, 4.69) is 0 Å². The van der Waals surface area contributed by atoms with Crippen molar-refractivity contribution >= 4 is 5.78 Å². The number of hydrogen-bond donors (Lipinski definition) is 1. The fraction of sp³-hybridized carbons (Fsp3) is 0.188. The van der Waals surface area contributed by atoms with Gasteiger partial charge in [-0.1, -0.05) is 36.4 Å². The van der Waals surface area contributed by atoms with Gasteiger partial charge < -0.3 is 15.2 Å². The SMILES string of the molecule is COc1cccc(C(=O)CN)c1OCc1ccccc1. The summed E-state index contributed by atoms with van der Waals surface area (Å²) < 4.78 is 11.0. The molecule has 4 heteroatoms. The van der Waals surface area contributed by atoms with Crippen molar-refractivity contribution in [3.63, 3.8) is 0 Å². The molecule has 0 aliphatic heterocycles. The molecule has 0 aliphatic carbocycles. The first kappa shape index (κ1) is 14.1. The normalized spacial score (nSPS) is 10.1. The van der Waals surface area contributed by atoms with E-state index >= 15 is 0 Å². The van der Waals surface area contributed by atoms with Gasteiger partial charge in [0.2, 0.25) is 0 Å². The lowest BCUT2D eigenvalue weighted by molar-refractivity contribution is 0.0996. The van der Waals surface area contributed by atoms with Gasteiger partial charge >= 0.3 is 0 Å². The smallest absolute Gasteiger partial charge is 0.180 e. The van der Waals surface area contributed by atoms with E-state index in [0.29, 0.717) is 23.7 Å². The van der Waals surface area contributed by atoms with Gasteiger partial charge in [-0.05, 0) is 17.7 Å². The molecule has 0 aromatic heterocycles. The van der Waals surface area contributed by atoms with Crippen LogP contribution in [0.5, 0.6) is 11.5 Å². The molecule has 0 unspecified atom stereocenters. The van der Waals surface area contributed by atoms with E-state index in [0.717, 1.165) is 5.56 Å². The third-order valence-corrected chi connectivity index (χ3v) is 2.91. The van der Waals surface area contributed by atoms with Crippen LogP contribution in [-0.4, -0.2) is 19.4 Å². The molecule has 2 N–H and O–H groups in total. The van der Waals surface area contributed by atoms with Crippen molar-refractivity contribution < 1.29 is 14.3 Å². The van der Waals surface area contributed by atoms with Crippen LogP contribution in [-0.2, 0) is 6.61 Å². The summed E-state index contributed by atoms with van der Waals surface area (Å²) in [5.41, 5.74) is 6.89. The van der Waals surface area contributed by atoms with Crippen LogP contribution < -0.4 is 15.2 Å². The molecule has 0 spiro atoms. The van der Waals surface area contributed by atoms with E-state index in [4.69, 9.17) is 15.2 Å². The highest BCUT2D eigenvalue weighted by atomic mass is 16.5. The second-order valence-corrected chi connectivity index (χ2v) is 4.24. The van der Waals surface area contributed by atoms with Gasteiger partial charge in [0.05, 0.1) is 19.2 Å². The van der Waals surface area contributed by atoms with Crippen molar-refractivity contribution in [2.45, 2.75) is 6.61 Å². The molecule has 0 radical (unpaired) electrons. The molecule has 0 atom stereocenters. The van der Waals surface area contributed by atoms with Crippen LogP contribution in [0.1, 0.15) is 15.9 Å². The topological polar surface area (TPSA) is 61.5 Å². The van der Waals surface area contributed by atoms with E-state index in [-0.39, 0.29) is 12.3 Å². The zero-order chi connectivity index (χ0) is 14.4. The maximum absolute atomic E-state index is 11.9. The number of para-hydroxylation sites is 1. The summed E-state index contributed by atoms with van der Waals surface area (Å²) in [5.74, 6) is 0.793. The predicted molar refractivity (Wildman–Crippen MR) is 77.2 cm³/mol. The van der Waals surface area contributed by atoms with E-state index in [1.165, 1.54) is 0 Å². The Morgan fingerprint density at radius 2 is 1.85 bits per heavy atom. The third-order valence-electron chi connectivity index (χ3n) is 2.91. The fourth-order valence-corrected chi connectivity index (χ4v) is 1.88. The van der Waals surface area contributed by atoms with Crippen molar-refractivity contribution in [2.24, 2.45) is 5.73 Å². The molecule has 0 heterocycles. The average molecular weight is 271 g/mol. The minimum atomic E-state index is -0.174. The molecule has 0 bridgehead atoms. The highest BCUT2D eigenvalue weighted by Crippen LogP contribution is 2.32. The molecule has 0 fully saturated rings. The second-order valence-electron chi connectivity index (χ2n) is 4.24. The van der Waals surface area contributed by atoms with Crippen molar-refractivity contribution in [1.82, 2.24) is 0 Å². The standard InChI is InChI=1S/C16H17NO3/c1-19-15-9-5-8-13(14(18)10-17)16(15)20-11-12-6-3-2-4-7-12/h2-9H,10-11,17H2,1H3. The number of carbonyl (C=O) groups excluding carboxylic acids is 1. The first-order chi connectivity index (χ1) is 9.76. The number of rotatable bonds is 6. The Hall–Kier alpha value is -2.33. The van der Waals surface area contributed by atoms with Crippen LogP contribution in [0.3, 0.4) is 0 Å². The van der Waals surface area contributed by atoms with Gasteiger partial charge in [0, 0.05) is 0 Å². The monoisotopic (exact) mass is 271 g/mol. The summed E-state index contributed by atoms with van der Waals surface area (Å²) in [7, 11) is 1.54. The van der Waals surface area contributed by atoms with E-state index < -0.39 is 0 Å². The number of benzene rings is 2. The van der Waals surface area contributed by atoms with Crippen LogP contribution in [0.2, 0.25) is 0 Å². The molecule has 0 aliphatic rings. The van der Waals surface area contributed by atoms with Crippen LogP contribution in [0.15, 0.2) is 48.5 Å². The summed E-state index contributed by atoms with van der Waals surface area (Å²) >= 11 is 0. The molecule has 0 saturated heterocycles. The van der Waals surface area contributed by atoms with Crippen molar-refractivity contribution in [3.8, 4) is 11.5 Å². The van der Waals surface area contributed by atoms with E-state index in [1.807, 2.05) is 30.3 Å². The zero-order valence-corrected chi connectivity index (χ0v) is 11.3. The maximum atomic E-state index is 11.9. The number of ether oxygens (including phenoxy) is 2. The number of carbonyl (C=O) groups is 1. The summed E-state index contributed by atoms with van der Waals surface area (Å²) in [6, 6.07) is 14.9. The first-order valence-electron chi connectivity index (χ1n) is 6.33. The molecule has 0 saturated carbocycles. The molecule has 2 rings (SSSR count). The minimum absolute atomic E-state index is 0.0607. The number of Topliss-reactive ketones (excluding diaryl/α,β-unsaturated/α-hetero) is 1. The molecular formula is C16H17NO3. The van der Waals surface area contributed by atoms with Gasteiger partial charge in [-0.3, -0.25) is 4.79 Å². The maximum Gasteiger partial charge on any atom is 0.180 e. The molecule has 20 heavy (non-hydrogen) atoms. The highest BCUT2D eigenvalue weighted by Gasteiger charge is 2.15. The van der Waals surface area contributed by atoms with Gasteiger partial charge in [-0.15, -0.1) is 0 Å². The van der Waals surface area contributed by atoms with Crippen molar-refractivity contribution in [3.05, 3.63) is 59.7 Å². The lowest BCUT2D eigenvalue weighted by Crippen LogP contribution is -2.15. The molecule has 2 aromatic carbocycles. The van der Waals surface area contributed by atoms with Gasteiger partial charge in [-0.2, -0.15) is 0 Å². The van der Waals surface area contributed by atoms with Gasteiger partial charge in [0.25, 0.3) is 0 Å². The van der Waals surface area contributed by atoms with Crippen LogP contribution in [0.25, 0.3) is 0 Å². The Kier molecular flexibility index (Phi) is 4.74. The van der Waals surface area contributed by atoms with Gasteiger partial charge in [0.15, 0.2) is 17.3 Å². The quantitative estimate of drug-likeness (QED) is 0.820. The van der Waals surface area contributed by atoms with Crippen LogP contribution in [0.4, 0.5) is 0 Å². The Morgan fingerprint density at radius 3 is 2.50 bits per heavy atom. The summed E-state index contributed by atoms with van der Waals surface area (Å²) in [6.45, 7) is 0.306. The lowest BCUT2D eigenvalue weighted by Gasteiger charge is -2.14. The van der Waals surface area contributed by atoms with Crippen molar-refractivity contribution in [2.75, 3.05) is 13.7 Å². The Morgan fingerprint density at radius 1 is 1.10 bits per heavy atom. The number of methoxy groups -OCH3 is 1. The molecule has 4 nitrogen and oxygen atoms in total. The molecule has 104 valence electrons.